The molecule has 0 bridgehead atoms. The van der Waals surface area contributed by atoms with Gasteiger partial charge in [0.05, 0.1) is 7.11 Å². The van der Waals surface area contributed by atoms with Gasteiger partial charge in [0.2, 0.25) is 5.91 Å². The minimum absolute atomic E-state index is 0.218. The quantitative estimate of drug-likeness (QED) is 0.769. The van der Waals surface area contributed by atoms with E-state index in [9.17, 15) is 4.79 Å². The third-order valence-electron chi connectivity index (χ3n) is 5.88. The van der Waals surface area contributed by atoms with E-state index in [4.69, 9.17) is 4.74 Å². The number of carbonyl (C=O) groups is 1. The number of likely N-dealkylation sites (tertiary alicyclic amines) is 1. The summed E-state index contributed by atoms with van der Waals surface area (Å²) in [6.45, 7) is 2.94. The molecule has 1 aromatic rings. The third kappa shape index (κ3) is 4.35. The number of nitrogens with zero attached hydrogens (tertiary/aromatic N) is 1. The molecular weight excluding hydrogens is 312 g/mol. The number of amides is 1. The second-order valence-electron chi connectivity index (χ2n) is 7.50. The predicted molar refractivity (Wildman–Crippen MR) is 101 cm³/mol. The van der Waals surface area contributed by atoms with E-state index in [-0.39, 0.29) is 11.4 Å². The zero-order valence-corrected chi connectivity index (χ0v) is 15.6. The smallest absolute Gasteiger partial charge is 0.240 e. The summed E-state index contributed by atoms with van der Waals surface area (Å²) in [5.41, 5.74) is 1.05. The molecule has 4 nitrogen and oxygen atoms in total. The number of hydrogen-bond donors (Lipinski definition) is 1. The highest BCUT2D eigenvalue weighted by Crippen LogP contribution is 2.36. The van der Waals surface area contributed by atoms with E-state index in [1.165, 1.54) is 37.7 Å². The molecule has 3 rings (SSSR count). The van der Waals surface area contributed by atoms with Crippen molar-refractivity contribution in [1.29, 1.82) is 0 Å². The average Bonchev–Trinajstić information content (AvgIpc) is 3.21. The summed E-state index contributed by atoms with van der Waals surface area (Å²) < 4.78 is 5.27. The number of rotatable bonds is 7. The second kappa shape index (κ2) is 8.70. The molecule has 2 fully saturated rings. The summed E-state index contributed by atoms with van der Waals surface area (Å²) in [6.07, 6.45) is 10.1. The van der Waals surface area contributed by atoms with Crippen LogP contribution in [0.3, 0.4) is 0 Å². The summed E-state index contributed by atoms with van der Waals surface area (Å²) in [7, 11) is 1.70. The van der Waals surface area contributed by atoms with Crippen LogP contribution in [0.25, 0.3) is 0 Å². The van der Waals surface area contributed by atoms with Crippen molar-refractivity contribution < 1.29 is 9.53 Å². The summed E-state index contributed by atoms with van der Waals surface area (Å²) in [5, 5.41) is 3.26. The van der Waals surface area contributed by atoms with Crippen molar-refractivity contribution >= 4 is 5.91 Å². The van der Waals surface area contributed by atoms with Crippen molar-refractivity contribution in [3.63, 3.8) is 0 Å². The molecule has 0 unspecified atom stereocenters. The highest BCUT2D eigenvalue weighted by molar-refractivity contribution is 5.86. The maximum absolute atomic E-state index is 13.0. The third-order valence-corrected chi connectivity index (χ3v) is 5.88. The number of aryl methyl sites for hydroxylation is 1. The molecular formula is C21H32N2O2. The van der Waals surface area contributed by atoms with E-state index in [1.54, 1.807) is 7.11 Å². The van der Waals surface area contributed by atoms with Crippen LogP contribution in [0.5, 0.6) is 5.75 Å². The highest BCUT2D eigenvalue weighted by atomic mass is 16.5. The zero-order chi connectivity index (χ0) is 17.5. The van der Waals surface area contributed by atoms with Crippen LogP contribution in [0, 0.1) is 0 Å². The van der Waals surface area contributed by atoms with Crippen LogP contribution in [0.1, 0.15) is 56.9 Å². The van der Waals surface area contributed by atoms with Gasteiger partial charge < -0.3 is 10.1 Å². The lowest BCUT2D eigenvalue weighted by molar-refractivity contribution is -0.135. The van der Waals surface area contributed by atoms with E-state index in [0.29, 0.717) is 0 Å². The Morgan fingerprint density at radius 3 is 2.64 bits per heavy atom. The van der Waals surface area contributed by atoms with Crippen LogP contribution >= 0.6 is 0 Å². The molecule has 1 heterocycles. The molecule has 1 aliphatic heterocycles. The molecule has 1 N–H and O–H groups in total. The van der Waals surface area contributed by atoms with Gasteiger partial charge in [0.25, 0.3) is 0 Å². The lowest BCUT2D eigenvalue weighted by Gasteiger charge is -2.43. The first kappa shape index (κ1) is 18.2. The molecule has 0 aromatic heterocycles. The Morgan fingerprint density at radius 2 is 1.92 bits per heavy atom. The molecule has 1 aliphatic carbocycles. The molecule has 25 heavy (non-hydrogen) atoms. The number of carbonyl (C=O) groups excluding carboxylic acids is 1. The van der Waals surface area contributed by atoms with Crippen molar-refractivity contribution in [2.45, 2.75) is 63.3 Å². The standard InChI is InChI=1S/C21H32N2O2/c1-25-19-11-7-9-18(17-19)10-8-14-22-20(24)21(12-3-2-4-13-21)23-15-5-6-16-23/h7,9,11,17H,2-6,8,10,12-16H2,1H3,(H,22,24). The fourth-order valence-electron chi connectivity index (χ4n) is 4.46. The first-order valence-electron chi connectivity index (χ1n) is 9.91. The van der Waals surface area contributed by atoms with Crippen LogP contribution < -0.4 is 10.1 Å². The van der Waals surface area contributed by atoms with Gasteiger partial charge in [-0.05, 0) is 69.3 Å². The van der Waals surface area contributed by atoms with E-state index in [1.807, 2.05) is 12.1 Å². The fourth-order valence-corrected chi connectivity index (χ4v) is 4.46. The van der Waals surface area contributed by atoms with Crippen LogP contribution in [-0.2, 0) is 11.2 Å². The molecule has 138 valence electrons. The van der Waals surface area contributed by atoms with E-state index < -0.39 is 0 Å². The highest BCUT2D eigenvalue weighted by Gasteiger charge is 2.45. The Bertz CT molecular complexity index is 561. The molecule has 1 saturated heterocycles. The second-order valence-corrected chi connectivity index (χ2v) is 7.50. The largest absolute Gasteiger partial charge is 0.497 e. The maximum Gasteiger partial charge on any atom is 0.240 e. The van der Waals surface area contributed by atoms with Crippen molar-refractivity contribution in [3.05, 3.63) is 29.8 Å². The monoisotopic (exact) mass is 344 g/mol. The minimum atomic E-state index is -0.218. The number of nitrogens with one attached hydrogen (secondary N) is 1. The van der Waals surface area contributed by atoms with Crippen molar-refractivity contribution in [2.24, 2.45) is 0 Å². The molecule has 1 amide bonds. The predicted octanol–water partition coefficient (Wildman–Crippen LogP) is 3.54. The van der Waals surface area contributed by atoms with Crippen molar-refractivity contribution in [2.75, 3.05) is 26.7 Å². The Balaban J connectivity index is 1.51. The Hall–Kier alpha value is -1.55. The molecule has 4 heteroatoms. The van der Waals surface area contributed by atoms with Gasteiger partial charge in [-0.15, -0.1) is 0 Å². The molecule has 1 aromatic carbocycles. The molecule has 0 radical (unpaired) electrons. The Morgan fingerprint density at radius 1 is 1.16 bits per heavy atom. The van der Waals surface area contributed by atoms with Crippen LogP contribution in [-0.4, -0.2) is 43.1 Å². The van der Waals surface area contributed by atoms with E-state index in [2.05, 4.69) is 22.3 Å². The number of methoxy groups -OCH3 is 1. The van der Waals surface area contributed by atoms with Crippen molar-refractivity contribution in [3.8, 4) is 5.75 Å². The lowest BCUT2D eigenvalue weighted by Crippen LogP contribution is -2.59. The van der Waals surface area contributed by atoms with E-state index in [0.717, 1.165) is 51.1 Å². The van der Waals surface area contributed by atoms with Gasteiger partial charge in [0.15, 0.2) is 0 Å². The summed E-state index contributed by atoms with van der Waals surface area (Å²) in [5.74, 6) is 1.18. The minimum Gasteiger partial charge on any atom is -0.497 e. The van der Waals surface area contributed by atoms with Crippen molar-refractivity contribution in [1.82, 2.24) is 10.2 Å². The first-order chi connectivity index (χ1) is 12.2. The van der Waals surface area contributed by atoms with Gasteiger partial charge in [-0.1, -0.05) is 31.4 Å². The number of ether oxygens (including phenoxy) is 1. The SMILES string of the molecule is COc1cccc(CCCNC(=O)C2(N3CCCC3)CCCCC2)c1. The van der Waals surface area contributed by atoms with Crippen LogP contribution in [0.4, 0.5) is 0 Å². The van der Waals surface area contributed by atoms with Crippen LogP contribution in [0.15, 0.2) is 24.3 Å². The average molecular weight is 344 g/mol. The zero-order valence-electron chi connectivity index (χ0n) is 15.6. The van der Waals surface area contributed by atoms with Gasteiger partial charge in [-0.25, -0.2) is 0 Å². The normalized spacial score (nSPS) is 20.4. The first-order valence-corrected chi connectivity index (χ1v) is 9.91. The molecule has 0 atom stereocenters. The van der Waals surface area contributed by atoms with Gasteiger partial charge in [0.1, 0.15) is 11.3 Å². The molecule has 2 aliphatic rings. The summed E-state index contributed by atoms with van der Waals surface area (Å²) >= 11 is 0. The number of hydrogen-bond acceptors (Lipinski definition) is 3. The topological polar surface area (TPSA) is 41.6 Å². The number of benzene rings is 1. The van der Waals surface area contributed by atoms with E-state index >= 15 is 0 Å². The summed E-state index contributed by atoms with van der Waals surface area (Å²) in [4.78, 5) is 15.5. The van der Waals surface area contributed by atoms with Gasteiger partial charge in [-0.3, -0.25) is 9.69 Å². The Labute approximate surface area is 151 Å². The molecule has 0 spiro atoms. The van der Waals surface area contributed by atoms with Gasteiger partial charge in [0, 0.05) is 6.54 Å². The Kier molecular flexibility index (Phi) is 6.35. The van der Waals surface area contributed by atoms with Gasteiger partial charge in [-0.2, -0.15) is 0 Å². The summed E-state index contributed by atoms with van der Waals surface area (Å²) in [6, 6.07) is 8.19. The van der Waals surface area contributed by atoms with Crippen LogP contribution in [0.2, 0.25) is 0 Å². The van der Waals surface area contributed by atoms with Gasteiger partial charge >= 0.3 is 0 Å². The fraction of sp³-hybridized carbons (Fsp3) is 0.667. The maximum atomic E-state index is 13.0. The lowest BCUT2D eigenvalue weighted by atomic mass is 9.79. The molecule has 1 saturated carbocycles.